The van der Waals surface area contributed by atoms with Crippen LogP contribution in [0.5, 0.6) is 0 Å². The molecule has 188 valence electrons. The largest absolute Gasteiger partial charge is 0.351 e. The molecule has 2 aromatic rings. The Labute approximate surface area is 203 Å². The summed E-state index contributed by atoms with van der Waals surface area (Å²) in [5.41, 5.74) is 7.54. The Morgan fingerprint density at radius 3 is 2.59 bits per heavy atom. The van der Waals surface area contributed by atoms with Gasteiger partial charge >= 0.3 is 10.2 Å². The second-order valence-electron chi connectivity index (χ2n) is 10.1. The molecule has 1 aromatic heterocycles. The Bertz CT molecular complexity index is 1230. The first-order chi connectivity index (χ1) is 15.9. The van der Waals surface area contributed by atoms with Crippen molar-refractivity contribution in [1.82, 2.24) is 14.0 Å². The second-order valence-corrected chi connectivity index (χ2v) is 11.8. The van der Waals surface area contributed by atoms with E-state index >= 15 is 0 Å². The van der Waals surface area contributed by atoms with Crippen molar-refractivity contribution in [3.8, 4) is 11.3 Å². The number of hydrogen-bond acceptors (Lipinski definition) is 6. The topological polar surface area (TPSA) is 109 Å². The number of nitrogens with one attached hydrogen (secondary N) is 1. The van der Waals surface area contributed by atoms with E-state index in [1.807, 2.05) is 0 Å². The lowest BCUT2D eigenvalue weighted by Gasteiger charge is -2.34. The number of benzene rings is 1. The number of nitrogens with zero attached hydrogens (tertiary/aromatic N) is 3. The molecule has 2 aliphatic rings. The molecule has 0 saturated carbocycles. The number of aromatic nitrogens is 1. The van der Waals surface area contributed by atoms with Crippen LogP contribution in [-0.2, 0) is 10.2 Å². The van der Waals surface area contributed by atoms with E-state index in [1.165, 1.54) is 10.4 Å². The van der Waals surface area contributed by atoms with Gasteiger partial charge in [-0.15, -0.1) is 0 Å². The van der Waals surface area contributed by atoms with Gasteiger partial charge < -0.3 is 10.6 Å². The van der Waals surface area contributed by atoms with Crippen LogP contribution in [0, 0.1) is 18.7 Å². The zero-order valence-electron chi connectivity index (χ0n) is 20.0. The van der Waals surface area contributed by atoms with E-state index in [4.69, 9.17) is 10.7 Å². The minimum absolute atomic E-state index is 0. The molecular formula is C24H36FN5O3S. The molecule has 8 nitrogen and oxygen atoms in total. The van der Waals surface area contributed by atoms with Gasteiger partial charge in [0.05, 0.1) is 11.3 Å². The molecule has 2 atom stereocenters. The number of pyridine rings is 1. The number of carbonyl (C=O) groups excluding carboxylic acids is 1. The Hall–Kier alpha value is -2.56. The van der Waals surface area contributed by atoms with Crippen LogP contribution in [0.2, 0.25) is 0 Å². The van der Waals surface area contributed by atoms with Gasteiger partial charge in [0.1, 0.15) is 11.6 Å². The zero-order valence-corrected chi connectivity index (χ0v) is 20.8. The Kier molecular flexibility index (Phi) is 6.43. The summed E-state index contributed by atoms with van der Waals surface area (Å²) in [7, 11) is -4.03. The Morgan fingerprint density at radius 2 is 2.00 bits per heavy atom. The predicted molar refractivity (Wildman–Crippen MR) is 134 cm³/mol. The zero-order chi connectivity index (χ0) is 24.8. The molecule has 0 aliphatic carbocycles. The van der Waals surface area contributed by atoms with Crippen LogP contribution in [0.3, 0.4) is 0 Å². The van der Waals surface area contributed by atoms with Gasteiger partial charge in [-0.05, 0) is 75.4 Å². The SMILES string of the molecule is Cc1cc(-c2ccc(C(=O)NS(=O)(=O)N3CC[C@H](N)C3)c(N3C[C@@H](C)CC3(C)C)n2)ccc1F.[HH].[HH]. The number of nitrogens with two attached hydrogens (primary N) is 1. The van der Waals surface area contributed by atoms with Crippen LogP contribution in [0.25, 0.3) is 11.3 Å². The van der Waals surface area contributed by atoms with E-state index in [0.717, 1.165) is 12.0 Å². The van der Waals surface area contributed by atoms with E-state index in [9.17, 15) is 17.6 Å². The number of rotatable bonds is 5. The van der Waals surface area contributed by atoms with E-state index in [1.54, 1.807) is 31.2 Å². The first kappa shape index (κ1) is 24.6. The lowest BCUT2D eigenvalue weighted by atomic mass is 9.97. The van der Waals surface area contributed by atoms with Gasteiger partial charge in [-0.2, -0.15) is 12.7 Å². The molecule has 4 rings (SSSR count). The summed E-state index contributed by atoms with van der Waals surface area (Å²) in [4.78, 5) is 20.1. The molecule has 0 unspecified atom stereocenters. The summed E-state index contributed by atoms with van der Waals surface area (Å²) in [6.45, 7) is 9.10. The van der Waals surface area contributed by atoms with Gasteiger partial charge in [0.2, 0.25) is 0 Å². The summed E-state index contributed by atoms with van der Waals surface area (Å²) in [6, 6.07) is 7.76. The van der Waals surface area contributed by atoms with E-state index < -0.39 is 16.1 Å². The molecule has 2 fully saturated rings. The van der Waals surface area contributed by atoms with Gasteiger partial charge in [-0.3, -0.25) is 4.79 Å². The third-order valence-electron chi connectivity index (χ3n) is 6.65. The highest BCUT2D eigenvalue weighted by Gasteiger charge is 2.40. The number of carbonyl (C=O) groups is 1. The number of anilines is 1. The second kappa shape index (κ2) is 8.90. The molecule has 0 spiro atoms. The van der Waals surface area contributed by atoms with Gasteiger partial charge in [-0.1, -0.05) is 6.92 Å². The molecule has 3 heterocycles. The lowest BCUT2D eigenvalue weighted by Crippen LogP contribution is -2.44. The van der Waals surface area contributed by atoms with E-state index in [-0.39, 0.29) is 38.9 Å². The molecule has 2 saturated heterocycles. The van der Waals surface area contributed by atoms with Gasteiger partial charge in [0, 0.05) is 39.6 Å². The monoisotopic (exact) mass is 493 g/mol. The minimum atomic E-state index is -4.03. The van der Waals surface area contributed by atoms with E-state index in [2.05, 4.69) is 30.4 Å². The van der Waals surface area contributed by atoms with Crippen molar-refractivity contribution in [1.29, 1.82) is 0 Å². The summed E-state index contributed by atoms with van der Waals surface area (Å²) in [5.74, 6) is -0.250. The van der Waals surface area contributed by atoms with Crippen LogP contribution >= 0.6 is 0 Å². The van der Waals surface area contributed by atoms with Crippen molar-refractivity contribution in [2.75, 3.05) is 24.5 Å². The number of halogens is 1. The first-order valence-corrected chi connectivity index (χ1v) is 12.9. The van der Waals surface area contributed by atoms with Crippen LogP contribution in [0.15, 0.2) is 30.3 Å². The fraction of sp³-hybridized carbons (Fsp3) is 0.500. The fourth-order valence-corrected chi connectivity index (χ4v) is 6.17. The highest BCUT2D eigenvalue weighted by Crippen LogP contribution is 2.38. The molecular weight excluding hydrogens is 457 g/mol. The van der Waals surface area contributed by atoms with Crippen molar-refractivity contribution in [3.63, 3.8) is 0 Å². The molecule has 1 amide bonds. The smallest absolute Gasteiger partial charge is 0.304 e. The quantitative estimate of drug-likeness (QED) is 0.662. The van der Waals surface area contributed by atoms with Gasteiger partial charge in [-0.25, -0.2) is 14.1 Å². The summed E-state index contributed by atoms with van der Waals surface area (Å²) < 4.78 is 42.8. The van der Waals surface area contributed by atoms with Crippen molar-refractivity contribution in [2.45, 2.75) is 52.1 Å². The highest BCUT2D eigenvalue weighted by atomic mass is 32.2. The van der Waals surface area contributed by atoms with Crippen molar-refractivity contribution in [3.05, 3.63) is 47.3 Å². The molecule has 2 aliphatic heterocycles. The number of aryl methyl sites for hydroxylation is 1. The number of amides is 1. The third kappa shape index (κ3) is 4.80. The van der Waals surface area contributed by atoms with Crippen LogP contribution < -0.4 is 15.4 Å². The summed E-state index contributed by atoms with van der Waals surface area (Å²) in [6.07, 6.45) is 1.45. The normalized spacial score (nSPS) is 22.8. The predicted octanol–water partition coefficient (Wildman–Crippen LogP) is 3.32. The first-order valence-electron chi connectivity index (χ1n) is 11.5. The maximum Gasteiger partial charge on any atom is 0.304 e. The third-order valence-corrected chi connectivity index (χ3v) is 8.11. The average molecular weight is 494 g/mol. The van der Waals surface area contributed by atoms with Crippen LogP contribution in [0.1, 0.15) is 52.4 Å². The van der Waals surface area contributed by atoms with E-state index in [0.29, 0.717) is 36.0 Å². The molecule has 0 radical (unpaired) electrons. The van der Waals surface area contributed by atoms with Crippen molar-refractivity contribution < 1.29 is 20.5 Å². The van der Waals surface area contributed by atoms with Crippen molar-refractivity contribution >= 4 is 21.9 Å². The average Bonchev–Trinajstić information content (AvgIpc) is 3.31. The van der Waals surface area contributed by atoms with Gasteiger partial charge in [0.25, 0.3) is 5.91 Å². The summed E-state index contributed by atoms with van der Waals surface area (Å²) >= 11 is 0. The molecule has 0 bridgehead atoms. The Morgan fingerprint density at radius 1 is 1.26 bits per heavy atom. The molecule has 1 aromatic carbocycles. The molecule has 3 N–H and O–H groups in total. The molecule has 10 heteroatoms. The van der Waals surface area contributed by atoms with Crippen molar-refractivity contribution in [2.24, 2.45) is 11.7 Å². The van der Waals surface area contributed by atoms with Gasteiger partial charge in [0.15, 0.2) is 0 Å². The summed E-state index contributed by atoms with van der Waals surface area (Å²) in [5, 5.41) is 0. The maximum absolute atomic E-state index is 13.8. The minimum Gasteiger partial charge on any atom is -0.351 e. The van der Waals surface area contributed by atoms with Crippen LogP contribution in [-0.4, -0.2) is 54.8 Å². The Balaban J connectivity index is 0.00000228. The van der Waals surface area contributed by atoms with Crippen LogP contribution in [0.4, 0.5) is 10.2 Å². The standard InChI is InChI=1S/C24H32FN5O3S.2H2/c1-15-12-24(3,4)30(13-15)22-19(23(31)28-34(32,33)29-10-9-18(26)14-29)6-8-21(27-22)17-5-7-20(25)16(2)11-17;;/h5-8,11,15,18H,9-10,12-14,26H2,1-4H3,(H,28,31);2*1H/t15-,18-;;/m0../s1. The highest BCUT2D eigenvalue weighted by molar-refractivity contribution is 7.87. The molecule has 34 heavy (non-hydrogen) atoms. The maximum atomic E-state index is 13.8. The lowest BCUT2D eigenvalue weighted by molar-refractivity contribution is 0.0979. The number of hydrogen-bond donors (Lipinski definition) is 2. The fourth-order valence-electron chi connectivity index (χ4n) is 4.96.